The Morgan fingerprint density at radius 2 is 1.70 bits per heavy atom. The maximum atomic E-state index is 12.7. The number of carbonyl (C=O) groups is 2. The van der Waals surface area contributed by atoms with Crippen LogP contribution in [0.1, 0.15) is 22.5 Å². The Balaban J connectivity index is 1.59. The second-order valence-corrected chi connectivity index (χ2v) is 7.43. The molecule has 1 saturated heterocycles. The third-order valence-electron chi connectivity index (χ3n) is 4.64. The second kappa shape index (κ2) is 7.98. The summed E-state index contributed by atoms with van der Waals surface area (Å²) in [5.74, 6) is 0.817. The molecular weight excluding hydrogens is 366 g/mol. The first-order valence-corrected chi connectivity index (χ1v) is 9.89. The molecular formula is C19H21N3O4S. The maximum Gasteiger partial charge on any atom is 0.265 e. The zero-order valence-corrected chi connectivity index (χ0v) is 15.6. The lowest BCUT2D eigenvalue weighted by atomic mass is 9.97. The third-order valence-corrected chi connectivity index (χ3v) is 5.51. The van der Waals surface area contributed by atoms with Crippen molar-refractivity contribution in [1.29, 1.82) is 0 Å². The summed E-state index contributed by atoms with van der Waals surface area (Å²) in [5, 5.41) is 10.9. The number of carbonyl (C=O) groups excluding carboxylic acids is 2. The van der Waals surface area contributed by atoms with Crippen LogP contribution in [0.2, 0.25) is 0 Å². The van der Waals surface area contributed by atoms with Crippen LogP contribution in [0.3, 0.4) is 0 Å². The summed E-state index contributed by atoms with van der Waals surface area (Å²) < 4.78 is 11.2. The molecule has 4 rings (SSSR count). The van der Waals surface area contributed by atoms with Gasteiger partial charge in [0.15, 0.2) is 11.5 Å². The molecule has 1 fully saturated rings. The number of benzene rings is 1. The summed E-state index contributed by atoms with van der Waals surface area (Å²) in [6, 6.07) is 7.00. The Labute approximate surface area is 161 Å². The van der Waals surface area contributed by atoms with Crippen LogP contribution in [0.5, 0.6) is 11.5 Å². The molecule has 0 unspecified atom stereocenters. The minimum atomic E-state index is -0.223. The Morgan fingerprint density at radius 3 is 2.33 bits per heavy atom. The van der Waals surface area contributed by atoms with E-state index in [1.165, 1.54) is 11.3 Å². The summed E-state index contributed by atoms with van der Waals surface area (Å²) in [5.41, 5.74) is 1.02. The van der Waals surface area contributed by atoms with Crippen LogP contribution in [-0.2, 0) is 4.79 Å². The van der Waals surface area contributed by atoms with Gasteiger partial charge in [0.2, 0.25) is 5.91 Å². The van der Waals surface area contributed by atoms with Gasteiger partial charge in [0.25, 0.3) is 5.91 Å². The number of nitrogens with one attached hydrogen (secondary N) is 3. The number of thiophene rings is 1. The minimum absolute atomic E-state index is 0.0414. The molecule has 0 saturated carbocycles. The highest BCUT2D eigenvalue weighted by atomic mass is 32.1. The standard InChI is InChI=1S/C19H21N3O4S/c23-18(12-3-5-20-6-4-12)21-13-10-15-16(26-8-7-25-15)11-14(13)22-19(24)17-2-1-9-27-17/h1-2,9-12,20H,3-8H2,(H,21,23)(H,22,24). The largest absolute Gasteiger partial charge is 0.486 e. The summed E-state index contributed by atoms with van der Waals surface area (Å²) >= 11 is 1.36. The molecule has 0 atom stereocenters. The van der Waals surface area contributed by atoms with Gasteiger partial charge in [-0.05, 0) is 37.4 Å². The van der Waals surface area contributed by atoms with Crippen LogP contribution in [-0.4, -0.2) is 38.1 Å². The smallest absolute Gasteiger partial charge is 0.265 e. The molecule has 1 aromatic heterocycles. The van der Waals surface area contributed by atoms with Crippen LogP contribution in [0.15, 0.2) is 29.6 Å². The molecule has 0 spiro atoms. The van der Waals surface area contributed by atoms with E-state index >= 15 is 0 Å². The molecule has 8 heteroatoms. The fourth-order valence-corrected chi connectivity index (χ4v) is 3.83. The SMILES string of the molecule is O=C(Nc1cc2c(cc1NC(=O)C1CCNCC1)OCCO2)c1cccs1. The Morgan fingerprint density at radius 1 is 1.04 bits per heavy atom. The third kappa shape index (κ3) is 4.06. The Bertz CT molecular complexity index is 832. The van der Waals surface area contributed by atoms with Crippen LogP contribution in [0, 0.1) is 5.92 Å². The molecule has 0 bridgehead atoms. The molecule has 3 heterocycles. The monoisotopic (exact) mass is 387 g/mol. The summed E-state index contributed by atoms with van der Waals surface area (Å²) in [6.45, 7) is 2.57. The molecule has 0 radical (unpaired) electrons. The topological polar surface area (TPSA) is 88.7 Å². The van der Waals surface area contributed by atoms with Crippen molar-refractivity contribution in [3.8, 4) is 11.5 Å². The van der Waals surface area contributed by atoms with E-state index in [0.717, 1.165) is 25.9 Å². The lowest BCUT2D eigenvalue weighted by molar-refractivity contribution is -0.120. The molecule has 1 aromatic carbocycles. The summed E-state index contributed by atoms with van der Waals surface area (Å²) in [6.07, 6.45) is 1.60. The van der Waals surface area contributed by atoms with Crippen molar-refractivity contribution in [2.24, 2.45) is 5.92 Å². The van der Waals surface area contributed by atoms with Gasteiger partial charge in [-0.2, -0.15) is 0 Å². The lowest BCUT2D eigenvalue weighted by Crippen LogP contribution is -2.34. The van der Waals surface area contributed by atoms with E-state index in [1.807, 2.05) is 11.4 Å². The zero-order chi connectivity index (χ0) is 18.6. The number of piperidine rings is 1. The van der Waals surface area contributed by atoms with Crippen LogP contribution in [0.25, 0.3) is 0 Å². The van der Waals surface area contributed by atoms with Gasteiger partial charge in [0, 0.05) is 18.1 Å². The first-order chi connectivity index (χ1) is 13.2. The molecule has 2 aliphatic heterocycles. The molecule has 27 heavy (non-hydrogen) atoms. The van der Waals surface area contributed by atoms with Crippen LogP contribution in [0.4, 0.5) is 11.4 Å². The van der Waals surface area contributed by atoms with Gasteiger partial charge < -0.3 is 25.4 Å². The fraction of sp³-hybridized carbons (Fsp3) is 0.368. The quantitative estimate of drug-likeness (QED) is 0.751. The van der Waals surface area contributed by atoms with Crippen molar-refractivity contribution in [3.63, 3.8) is 0 Å². The highest BCUT2D eigenvalue weighted by molar-refractivity contribution is 7.12. The number of amides is 2. The van der Waals surface area contributed by atoms with Gasteiger partial charge >= 0.3 is 0 Å². The normalized spacial score (nSPS) is 16.6. The lowest BCUT2D eigenvalue weighted by Gasteiger charge is -2.24. The van der Waals surface area contributed by atoms with Gasteiger partial charge in [-0.25, -0.2) is 0 Å². The molecule has 0 aliphatic carbocycles. The van der Waals surface area contributed by atoms with Gasteiger partial charge in [0.1, 0.15) is 13.2 Å². The van der Waals surface area contributed by atoms with E-state index in [0.29, 0.717) is 41.0 Å². The number of hydrogen-bond donors (Lipinski definition) is 3. The van der Waals surface area contributed by atoms with E-state index in [-0.39, 0.29) is 17.7 Å². The van der Waals surface area contributed by atoms with E-state index in [2.05, 4.69) is 16.0 Å². The van der Waals surface area contributed by atoms with Gasteiger partial charge in [-0.3, -0.25) is 9.59 Å². The highest BCUT2D eigenvalue weighted by Crippen LogP contribution is 2.39. The number of ether oxygens (including phenoxy) is 2. The summed E-state index contributed by atoms with van der Waals surface area (Å²) in [7, 11) is 0. The first-order valence-electron chi connectivity index (χ1n) is 9.01. The van der Waals surface area contributed by atoms with Crippen molar-refractivity contribution in [2.75, 3.05) is 36.9 Å². The fourth-order valence-electron chi connectivity index (χ4n) is 3.21. The van der Waals surface area contributed by atoms with Crippen molar-refractivity contribution in [2.45, 2.75) is 12.8 Å². The predicted molar refractivity (Wildman–Crippen MR) is 104 cm³/mol. The Kier molecular flexibility index (Phi) is 5.26. The van der Waals surface area contributed by atoms with E-state index in [9.17, 15) is 9.59 Å². The summed E-state index contributed by atoms with van der Waals surface area (Å²) in [4.78, 5) is 25.8. The van der Waals surface area contributed by atoms with Crippen molar-refractivity contribution < 1.29 is 19.1 Å². The average Bonchev–Trinajstić information content (AvgIpc) is 3.24. The average molecular weight is 387 g/mol. The number of fused-ring (bicyclic) bond motifs is 1. The molecule has 142 valence electrons. The van der Waals surface area contributed by atoms with E-state index in [1.54, 1.807) is 18.2 Å². The minimum Gasteiger partial charge on any atom is -0.486 e. The maximum absolute atomic E-state index is 12.7. The van der Waals surface area contributed by atoms with Gasteiger partial charge in [-0.15, -0.1) is 11.3 Å². The van der Waals surface area contributed by atoms with Crippen LogP contribution < -0.4 is 25.4 Å². The zero-order valence-electron chi connectivity index (χ0n) is 14.7. The van der Waals surface area contributed by atoms with E-state index < -0.39 is 0 Å². The second-order valence-electron chi connectivity index (χ2n) is 6.49. The molecule has 2 amide bonds. The molecule has 3 N–H and O–H groups in total. The van der Waals surface area contributed by atoms with Gasteiger partial charge in [-0.1, -0.05) is 6.07 Å². The number of rotatable bonds is 4. The molecule has 7 nitrogen and oxygen atoms in total. The molecule has 2 aliphatic rings. The van der Waals surface area contributed by atoms with E-state index in [4.69, 9.17) is 9.47 Å². The predicted octanol–water partition coefficient (Wildman–Crippen LogP) is 2.71. The molecule has 2 aromatic rings. The van der Waals surface area contributed by atoms with Gasteiger partial charge in [0.05, 0.1) is 16.3 Å². The van der Waals surface area contributed by atoms with Crippen molar-refractivity contribution >= 4 is 34.5 Å². The Hall–Kier alpha value is -2.58. The highest BCUT2D eigenvalue weighted by Gasteiger charge is 2.24. The van der Waals surface area contributed by atoms with Crippen molar-refractivity contribution in [1.82, 2.24) is 5.32 Å². The van der Waals surface area contributed by atoms with Crippen LogP contribution >= 0.6 is 11.3 Å². The number of anilines is 2. The first kappa shape index (κ1) is 17.8. The van der Waals surface area contributed by atoms with Crippen molar-refractivity contribution in [3.05, 3.63) is 34.5 Å². The number of hydrogen-bond acceptors (Lipinski definition) is 6.